The van der Waals surface area contributed by atoms with Gasteiger partial charge >= 0.3 is 0 Å². The molecule has 23 heavy (non-hydrogen) atoms. The minimum absolute atomic E-state index is 0.0926. The van der Waals surface area contributed by atoms with E-state index in [1.54, 1.807) is 6.20 Å². The number of hydrogen-bond donors (Lipinski definition) is 2. The molecule has 0 saturated heterocycles. The van der Waals surface area contributed by atoms with Crippen molar-refractivity contribution >= 4 is 17.3 Å². The number of aromatic nitrogens is 1. The molecule has 0 bridgehead atoms. The van der Waals surface area contributed by atoms with Gasteiger partial charge in [0.05, 0.1) is 0 Å². The number of pyridine rings is 1. The molecule has 0 aliphatic heterocycles. The Bertz CT molecular complexity index is 720. The molecule has 0 atom stereocenters. The number of nitrogens with zero attached hydrogens (tertiary/aromatic N) is 1. The molecule has 3 rings (SSSR count). The number of aryl methyl sites for hydroxylation is 1. The summed E-state index contributed by atoms with van der Waals surface area (Å²) in [5, 5.41) is 6.44. The molecule has 120 valence electrons. The average molecular weight is 309 g/mol. The molecule has 1 fully saturated rings. The third-order valence-corrected chi connectivity index (χ3v) is 4.10. The predicted octanol–water partition coefficient (Wildman–Crippen LogP) is 4.15. The van der Waals surface area contributed by atoms with E-state index >= 15 is 0 Å². The lowest BCUT2D eigenvalue weighted by molar-refractivity contribution is 0.0946. The van der Waals surface area contributed by atoms with Gasteiger partial charge in [0.1, 0.15) is 5.69 Å². The maximum Gasteiger partial charge on any atom is 0.270 e. The molecule has 1 aliphatic rings. The minimum atomic E-state index is -0.0926. The van der Waals surface area contributed by atoms with Crippen LogP contribution in [0.5, 0.6) is 0 Å². The molecule has 1 aromatic carbocycles. The van der Waals surface area contributed by atoms with Crippen molar-refractivity contribution in [3.8, 4) is 0 Å². The van der Waals surface area contributed by atoms with Crippen molar-refractivity contribution in [3.63, 3.8) is 0 Å². The Kier molecular flexibility index (Phi) is 4.33. The number of amides is 1. The van der Waals surface area contributed by atoms with Crippen LogP contribution in [0.3, 0.4) is 0 Å². The van der Waals surface area contributed by atoms with Gasteiger partial charge in [-0.1, -0.05) is 32.0 Å². The van der Waals surface area contributed by atoms with Gasteiger partial charge in [-0.3, -0.25) is 9.78 Å². The summed E-state index contributed by atoms with van der Waals surface area (Å²) in [6, 6.07) is 10.4. The van der Waals surface area contributed by atoms with Gasteiger partial charge in [-0.2, -0.15) is 0 Å². The lowest BCUT2D eigenvalue weighted by Crippen LogP contribution is -2.26. The number of para-hydroxylation sites is 1. The molecule has 1 amide bonds. The largest absolute Gasteiger partial charge is 0.355 e. The summed E-state index contributed by atoms with van der Waals surface area (Å²) in [7, 11) is 0. The van der Waals surface area contributed by atoms with E-state index in [0.717, 1.165) is 24.2 Å². The van der Waals surface area contributed by atoms with Crippen molar-refractivity contribution in [1.82, 2.24) is 10.3 Å². The monoisotopic (exact) mass is 309 g/mol. The Hall–Kier alpha value is -2.36. The molecule has 1 saturated carbocycles. The van der Waals surface area contributed by atoms with E-state index < -0.39 is 0 Å². The zero-order chi connectivity index (χ0) is 16.4. The molecule has 4 heteroatoms. The number of rotatable bonds is 5. The molecule has 0 spiro atoms. The van der Waals surface area contributed by atoms with Gasteiger partial charge in [0, 0.05) is 23.6 Å². The Morgan fingerprint density at radius 1 is 1.26 bits per heavy atom. The molecule has 0 unspecified atom stereocenters. The second-order valence-corrected chi connectivity index (χ2v) is 6.50. The van der Waals surface area contributed by atoms with Crippen LogP contribution in [0.4, 0.5) is 11.4 Å². The van der Waals surface area contributed by atoms with Gasteiger partial charge in [0.25, 0.3) is 5.91 Å². The topological polar surface area (TPSA) is 54.0 Å². The number of carbonyl (C=O) groups is 1. The number of hydrogen-bond acceptors (Lipinski definition) is 3. The van der Waals surface area contributed by atoms with Crippen molar-refractivity contribution in [2.24, 2.45) is 0 Å². The maximum absolute atomic E-state index is 12.1. The van der Waals surface area contributed by atoms with E-state index in [0.29, 0.717) is 17.7 Å². The summed E-state index contributed by atoms with van der Waals surface area (Å²) >= 11 is 0. The molecule has 2 aromatic rings. The van der Waals surface area contributed by atoms with Crippen molar-refractivity contribution in [1.29, 1.82) is 0 Å². The molecule has 4 nitrogen and oxygen atoms in total. The lowest BCUT2D eigenvalue weighted by Gasteiger charge is -2.17. The van der Waals surface area contributed by atoms with Gasteiger partial charge < -0.3 is 10.6 Å². The third kappa shape index (κ3) is 3.70. The highest BCUT2D eigenvalue weighted by atomic mass is 16.2. The fraction of sp³-hybridized carbons (Fsp3) is 0.368. The molecular weight excluding hydrogens is 286 g/mol. The number of carbonyl (C=O) groups excluding carboxylic acids is 1. The second-order valence-electron chi connectivity index (χ2n) is 6.50. The summed E-state index contributed by atoms with van der Waals surface area (Å²) in [6.45, 7) is 6.46. The van der Waals surface area contributed by atoms with E-state index in [2.05, 4.69) is 54.6 Å². The fourth-order valence-corrected chi connectivity index (χ4v) is 2.61. The van der Waals surface area contributed by atoms with Crippen LogP contribution in [0.15, 0.2) is 36.5 Å². The van der Waals surface area contributed by atoms with E-state index in [9.17, 15) is 4.79 Å². The SMILES string of the molecule is Cc1cccc(C(C)C)c1Nc1ccnc(C(=O)NC2CC2)c1. The van der Waals surface area contributed by atoms with Crippen LogP contribution in [0, 0.1) is 6.92 Å². The number of nitrogens with one attached hydrogen (secondary N) is 2. The highest BCUT2D eigenvalue weighted by Crippen LogP contribution is 2.30. The first-order chi connectivity index (χ1) is 11.0. The van der Waals surface area contributed by atoms with Crippen LogP contribution < -0.4 is 10.6 Å². The zero-order valence-electron chi connectivity index (χ0n) is 13.9. The van der Waals surface area contributed by atoms with Gasteiger partial charge in [-0.05, 0) is 48.9 Å². The third-order valence-electron chi connectivity index (χ3n) is 4.10. The van der Waals surface area contributed by atoms with Crippen LogP contribution in [0.2, 0.25) is 0 Å². The van der Waals surface area contributed by atoms with Crippen LogP contribution in [-0.4, -0.2) is 16.9 Å². The Morgan fingerprint density at radius 3 is 2.74 bits per heavy atom. The highest BCUT2D eigenvalue weighted by molar-refractivity contribution is 5.93. The Balaban J connectivity index is 1.84. The Labute approximate surface area is 137 Å². The molecular formula is C19H23N3O. The number of anilines is 2. The average Bonchev–Trinajstić information content (AvgIpc) is 3.33. The number of benzene rings is 1. The predicted molar refractivity (Wildman–Crippen MR) is 93.3 cm³/mol. The smallest absolute Gasteiger partial charge is 0.270 e. The molecule has 2 N–H and O–H groups in total. The summed E-state index contributed by atoms with van der Waals surface area (Å²) in [5.74, 6) is 0.335. The van der Waals surface area contributed by atoms with Gasteiger partial charge in [-0.25, -0.2) is 0 Å². The van der Waals surface area contributed by atoms with E-state index in [-0.39, 0.29) is 5.91 Å². The summed E-state index contributed by atoms with van der Waals surface area (Å²) in [6.07, 6.45) is 3.83. The quantitative estimate of drug-likeness (QED) is 0.872. The zero-order valence-corrected chi connectivity index (χ0v) is 13.9. The maximum atomic E-state index is 12.1. The second kappa shape index (κ2) is 6.41. The standard InChI is InChI=1S/C19H23N3O/c1-12(2)16-6-4-5-13(3)18(16)21-15-9-10-20-17(11-15)19(23)22-14-7-8-14/h4-6,9-12,14H,7-8H2,1-3H3,(H,20,21)(H,22,23). The first-order valence-electron chi connectivity index (χ1n) is 8.18. The Morgan fingerprint density at radius 2 is 2.04 bits per heavy atom. The van der Waals surface area contributed by atoms with Gasteiger partial charge in [-0.15, -0.1) is 0 Å². The van der Waals surface area contributed by atoms with Crippen molar-refractivity contribution in [2.45, 2.75) is 45.6 Å². The van der Waals surface area contributed by atoms with E-state index in [1.807, 2.05) is 12.1 Å². The molecule has 0 radical (unpaired) electrons. The normalized spacial score (nSPS) is 13.9. The van der Waals surface area contributed by atoms with E-state index in [1.165, 1.54) is 11.1 Å². The van der Waals surface area contributed by atoms with Crippen LogP contribution >= 0.6 is 0 Å². The van der Waals surface area contributed by atoms with Crippen LogP contribution in [0.1, 0.15) is 54.2 Å². The summed E-state index contributed by atoms with van der Waals surface area (Å²) in [4.78, 5) is 16.3. The van der Waals surface area contributed by atoms with Gasteiger partial charge in [0.2, 0.25) is 0 Å². The fourth-order valence-electron chi connectivity index (χ4n) is 2.61. The summed E-state index contributed by atoms with van der Waals surface area (Å²) in [5.41, 5.74) is 4.92. The van der Waals surface area contributed by atoms with Crippen molar-refractivity contribution in [2.75, 3.05) is 5.32 Å². The lowest BCUT2D eigenvalue weighted by atomic mass is 9.98. The van der Waals surface area contributed by atoms with Crippen LogP contribution in [-0.2, 0) is 0 Å². The summed E-state index contributed by atoms with van der Waals surface area (Å²) < 4.78 is 0. The highest BCUT2D eigenvalue weighted by Gasteiger charge is 2.24. The first-order valence-corrected chi connectivity index (χ1v) is 8.18. The molecule has 1 aliphatic carbocycles. The van der Waals surface area contributed by atoms with Crippen molar-refractivity contribution in [3.05, 3.63) is 53.3 Å². The van der Waals surface area contributed by atoms with Crippen molar-refractivity contribution < 1.29 is 4.79 Å². The molecule has 1 aromatic heterocycles. The van der Waals surface area contributed by atoms with E-state index in [4.69, 9.17) is 0 Å². The minimum Gasteiger partial charge on any atom is -0.355 e. The van der Waals surface area contributed by atoms with Crippen LogP contribution in [0.25, 0.3) is 0 Å². The van der Waals surface area contributed by atoms with Gasteiger partial charge in [0.15, 0.2) is 0 Å². The molecule has 1 heterocycles. The first kappa shape index (κ1) is 15.5.